The van der Waals surface area contributed by atoms with Crippen LogP contribution in [0.25, 0.3) is 21.8 Å². The topological polar surface area (TPSA) is 113 Å². The van der Waals surface area contributed by atoms with E-state index in [1.165, 1.54) is 18.3 Å². The number of anilines is 1. The number of alkyl halides is 1. The van der Waals surface area contributed by atoms with Crippen molar-refractivity contribution in [1.29, 1.82) is 0 Å². The number of amides is 1. The van der Waals surface area contributed by atoms with Crippen molar-refractivity contribution in [2.75, 3.05) is 57.8 Å². The Hall–Kier alpha value is -3.81. The Labute approximate surface area is 255 Å². The van der Waals surface area contributed by atoms with Crippen LogP contribution in [0.15, 0.2) is 31.0 Å². The van der Waals surface area contributed by atoms with E-state index in [2.05, 4.69) is 31.7 Å². The Morgan fingerprint density at radius 2 is 1.95 bits per heavy atom. The minimum Gasteiger partial charge on any atom is -0.460 e. The average Bonchev–Trinajstić information content (AvgIpc) is 3.46. The number of pyridine rings is 1. The van der Waals surface area contributed by atoms with E-state index in [1.807, 2.05) is 16.8 Å². The average molecular weight is 633 g/mol. The van der Waals surface area contributed by atoms with Crippen LogP contribution in [0.1, 0.15) is 12.8 Å². The standard InChI is InChI=1S/C28H28Cl2F2N8O3/c1-3-21(41)39-7-9-40(10-8-39)25-16-11-20(29)34-26(43-24-17-13-33-37-19(17)12-18(31)22(24)30)23(16)35-27(36-25)42-15-28(32)5-4-6-38(2)14-28/h3,11-13H,1,4-10,14-15H2,2H3,(H,33,37)/t28-/m0/s1. The molecule has 0 unspecified atom stereocenters. The molecule has 1 N–H and O–H groups in total. The molecule has 2 aliphatic heterocycles. The Bertz CT molecular complexity index is 1710. The highest BCUT2D eigenvalue weighted by atomic mass is 35.5. The molecule has 11 nitrogen and oxygen atoms in total. The molecule has 5 heterocycles. The lowest BCUT2D eigenvalue weighted by atomic mass is 9.96. The van der Waals surface area contributed by atoms with Crippen molar-refractivity contribution in [1.82, 2.24) is 34.9 Å². The minimum atomic E-state index is -1.58. The van der Waals surface area contributed by atoms with Crippen molar-refractivity contribution in [2.45, 2.75) is 18.5 Å². The zero-order chi connectivity index (χ0) is 30.3. The molecule has 0 radical (unpaired) electrons. The lowest BCUT2D eigenvalue weighted by Crippen LogP contribution is -2.48. The number of halogens is 4. The van der Waals surface area contributed by atoms with E-state index in [1.54, 1.807) is 11.0 Å². The Kier molecular flexibility index (Phi) is 7.96. The number of H-pyrrole nitrogens is 1. The number of hydrogen-bond donors (Lipinski definition) is 1. The number of rotatable bonds is 7. The molecule has 1 amide bonds. The van der Waals surface area contributed by atoms with Crippen molar-refractivity contribution in [3.8, 4) is 17.6 Å². The summed E-state index contributed by atoms with van der Waals surface area (Å²) < 4.78 is 42.3. The van der Waals surface area contributed by atoms with Crippen LogP contribution in [0.2, 0.25) is 10.2 Å². The first kappa shape index (κ1) is 29.3. The van der Waals surface area contributed by atoms with Gasteiger partial charge in [-0.25, -0.2) is 8.78 Å². The number of likely N-dealkylation sites (tertiary alicyclic amines) is 1. The van der Waals surface area contributed by atoms with Gasteiger partial charge in [0.1, 0.15) is 33.9 Å². The third-order valence-electron chi connectivity index (χ3n) is 7.62. The predicted molar refractivity (Wildman–Crippen MR) is 159 cm³/mol. The van der Waals surface area contributed by atoms with Gasteiger partial charge >= 0.3 is 6.01 Å². The van der Waals surface area contributed by atoms with E-state index in [9.17, 15) is 9.18 Å². The van der Waals surface area contributed by atoms with Crippen LogP contribution in [-0.4, -0.2) is 99.4 Å². The van der Waals surface area contributed by atoms with Crippen molar-refractivity contribution in [3.05, 3.63) is 47.0 Å². The number of nitrogens with zero attached hydrogens (tertiary/aromatic N) is 7. The lowest BCUT2D eigenvalue weighted by molar-refractivity contribution is -0.126. The molecule has 6 rings (SSSR count). The van der Waals surface area contributed by atoms with E-state index in [0.29, 0.717) is 61.1 Å². The minimum absolute atomic E-state index is 0.0337. The van der Waals surface area contributed by atoms with Crippen LogP contribution in [0.3, 0.4) is 0 Å². The number of carbonyl (C=O) groups is 1. The van der Waals surface area contributed by atoms with Crippen LogP contribution in [-0.2, 0) is 4.79 Å². The molecular weight excluding hydrogens is 605 g/mol. The maximum atomic E-state index is 15.7. The van der Waals surface area contributed by atoms with Crippen molar-refractivity contribution >= 4 is 56.7 Å². The molecule has 1 atom stereocenters. The summed E-state index contributed by atoms with van der Waals surface area (Å²) in [5.74, 6) is -0.570. The normalized spacial score (nSPS) is 19.7. The van der Waals surface area contributed by atoms with Crippen molar-refractivity contribution in [2.24, 2.45) is 0 Å². The van der Waals surface area contributed by atoms with Gasteiger partial charge in [0.15, 0.2) is 11.4 Å². The molecule has 1 aromatic carbocycles. The molecule has 3 aromatic heterocycles. The van der Waals surface area contributed by atoms with Crippen LogP contribution < -0.4 is 14.4 Å². The second kappa shape index (κ2) is 11.7. The first-order chi connectivity index (χ1) is 20.6. The zero-order valence-electron chi connectivity index (χ0n) is 23.2. The quantitative estimate of drug-likeness (QED) is 0.227. The van der Waals surface area contributed by atoms with E-state index in [0.717, 1.165) is 6.54 Å². The maximum absolute atomic E-state index is 15.7. The number of hydrogen-bond acceptors (Lipinski definition) is 9. The summed E-state index contributed by atoms with van der Waals surface area (Å²) in [6.07, 6.45) is 3.77. The number of piperidine rings is 1. The molecule has 4 aromatic rings. The Balaban J connectivity index is 1.43. The third-order valence-corrected chi connectivity index (χ3v) is 8.16. The molecule has 2 aliphatic rings. The number of ether oxygens (including phenoxy) is 2. The second-order valence-electron chi connectivity index (χ2n) is 10.7. The highest BCUT2D eigenvalue weighted by Gasteiger charge is 2.36. The first-order valence-corrected chi connectivity index (χ1v) is 14.4. The Morgan fingerprint density at radius 1 is 1.16 bits per heavy atom. The molecule has 0 saturated carbocycles. The molecule has 2 saturated heterocycles. The fraction of sp³-hybridized carbons (Fsp3) is 0.393. The van der Waals surface area contributed by atoms with E-state index in [4.69, 9.17) is 32.7 Å². The molecular formula is C28H28Cl2F2N8O3. The summed E-state index contributed by atoms with van der Waals surface area (Å²) in [7, 11) is 1.86. The summed E-state index contributed by atoms with van der Waals surface area (Å²) in [5.41, 5.74) is -1.03. The van der Waals surface area contributed by atoms with Crippen molar-refractivity contribution in [3.63, 3.8) is 0 Å². The largest absolute Gasteiger partial charge is 0.460 e. The summed E-state index contributed by atoms with van der Waals surface area (Å²) in [4.78, 5) is 31.3. The second-order valence-corrected chi connectivity index (χ2v) is 11.5. The van der Waals surface area contributed by atoms with Crippen molar-refractivity contribution < 1.29 is 23.0 Å². The number of aromatic amines is 1. The van der Waals surface area contributed by atoms with Gasteiger partial charge in [-0.15, -0.1) is 0 Å². The van der Waals surface area contributed by atoms with Crippen LogP contribution >= 0.6 is 23.2 Å². The van der Waals surface area contributed by atoms with E-state index >= 15 is 4.39 Å². The number of aromatic nitrogens is 5. The highest BCUT2D eigenvalue weighted by Crippen LogP contribution is 2.41. The zero-order valence-corrected chi connectivity index (χ0v) is 24.8. The number of benzene rings is 1. The van der Waals surface area contributed by atoms with Gasteiger partial charge in [0.25, 0.3) is 0 Å². The summed E-state index contributed by atoms with van der Waals surface area (Å²) in [5, 5.41) is 7.31. The lowest BCUT2D eigenvalue weighted by Gasteiger charge is -2.36. The summed E-state index contributed by atoms with van der Waals surface area (Å²) >= 11 is 12.8. The van der Waals surface area contributed by atoms with Crippen LogP contribution in [0.5, 0.6) is 17.6 Å². The van der Waals surface area contributed by atoms with Gasteiger partial charge in [0.05, 0.1) is 22.5 Å². The van der Waals surface area contributed by atoms with Gasteiger partial charge in [-0.05, 0) is 38.6 Å². The number of piperazine rings is 1. The predicted octanol–water partition coefficient (Wildman–Crippen LogP) is 4.79. The van der Waals surface area contributed by atoms with Gasteiger partial charge < -0.3 is 24.2 Å². The van der Waals surface area contributed by atoms with Gasteiger partial charge in [0, 0.05) is 38.8 Å². The fourth-order valence-electron chi connectivity index (χ4n) is 5.50. The molecule has 43 heavy (non-hydrogen) atoms. The molecule has 15 heteroatoms. The fourth-order valence-corrected chi connectivity index (χ4v) is 5.88. The van der Waals surface area contributed by atoms with Crippen LogP contribution in [0, 0.1) is 5.82 Å². The SMILES string of the molecule is C=CC(=O)N1CCN(c2nc(OC[C@]3(F)CCCN(C)C3)nc3c(Oc4c(Cl)c(F)cc5[nH]ncc45)nc(Cl)cc23)CC1. The summed E-state index contributed by atoms with van der Waals surface area (Å²) in [6.45, 7) is 6.05. The maximum Gasteiger partial charge on any atom is 0.319 e. The first-order valence-electron chi connectivity index (χ1n) is 13.7. The number of nitrogens with one attached hydrogen (secondary N) is 1. The molecule has 0 bridgehead atoms. The smallest absolute Gasteiger partial charge is 0.319 e. The van der Waals surface area contributed by atoms with Gasteiger partial charge in [0.2, 0.25) is 11.8 Å². The van der Waals surface area contributed by atoms with Gasteiger partial charge in [-0.2, -0.15) is 20.1 Å². The van der Waals surface area contributed by atoms with E-state index < -0.39 is 11.5 Å². The van der Waals surface area contributed by atoms with Gasteiger partial charge in [-0.1, -0.05) is 29.8 Å². The number of carbonyl (C=O) groups excluding carboxylic acids is 1. The number of fused-ring (bicyclic) bond motifs is 2. The molecule has 0 aliphatic carbocycles. The Morgan fingerprint density at radius 3 is 2.70 bits per heavy atom. The van der Waals surface area contributed by atoms with E-state index in [-0.39, 0.29) is 52.4 Å². The monoisotopic (exact) mass is 632 g/mol. The van der Waals surface area contributed by atoms with Crippen LogP contribution in [0.4, 0.5) is 14.6 Å². The third kappa shape index (κ3) is 5.89. The highest BCUT2D eigenvalue weighted by molar-refractivity contribution is 6.33. The summed E-state index contributed by atoms with van der Waals surface area (Å²) in [6, 6.07) is 2.70. The molecule has 0 spiro atoms. The molecule has 226 valence electrons. The molecule has 2 fully saturated rings. The van der Waals surface area contributed by atoms with Gasteiger partial charge in [-0.3, -0.25) is 9.89 Å².